The van der Waals surface area contributed by atoms with Gasteiger partial charge in [-0.1, -0.05) is 12.1 Å². The lowest BCUT2D eigenvalue weighted by atomic mass is 10.1. The van der Waals surface area contributed by atoms with Crippen LogP contribution in [0.4, 0.5) is 23.2 Å². The number of hydrogen-bond acceptors (Lipinski definition) is 5. The molecule has 0 atom stereocenters. The average molecular weight is 420 g/mol. The van der Waals surface area contributed by atoms with Gasteiger partial charge in [0, 0.05) is 18.3 Å². The zero-order valence-corrected chi connectivity index (χ0v) is 15.3. The molecule has 12 heteroatoms. The third-order valence-electron chi connectivity index (χ3n) is 3.52. The number of sulfonamides is 1. The Hall–Kier alpha value is -2.73. The van der Waals surface area contributed by atoms with Crippen LogP contribution in [0.2, 0.25) is 0 Å². The summed E-state index contributed by atoms with van der Waals surface area (Å²) in [5.74, 6) is -2.98. The molecule has 0 aliphatic rings. The van der Waals surface area contributed by atoms with Gasteiger partial charge in [0.25, 0.3) is 0 Å². The van der Waals surface area contributed by atoms with Crippen molar-refractivity contribution in [2.24, 2.45) is 0 Å². The Morgan fingerprint density at radius 1 is 1.25 bits per heavy atom. The lowest BCUT2D eigenvalue weighted by Crippen LogP contribution is -2.44. The molecule has 0 spiro atoms. The number of nitrogens with one attached hydrogen (secondary N) is 2. The monoisotopic (exact) mass is 420 g/mol. The van der Waals surface area contributed by atoms with Gasteiger partial charge in [-0.2, -0.15) is 13.2 Å². The Morgan fingerprint density at radius 2 is 1.96 bits per heavy atom. The Kier molecular flexibility index (Phi) is 6.56. The fourth-order valence-corrected chi connectivity index (χ4v) is 3.06. The smallest absolute Gasteiger partial charge is 0.283 e. The number of benzene rings is 1. The van der Waals surface area contributed by atoms with Crippen LogP contribution in [0.25, 0.3) is 0 Å². The van der Waals surface area contributed by atoms with Gasteiger partial charge < -0.3 is 0 Å². The van der Waals surface area contributed by atoms with E-state index in [0.29, 0.717) is 11.3 Å². The van der Waals surface area contributed by atoms with Crippen LogP contribution in [0, 0.1) is 5.82 Å². The lowest BCUT2D eigenvalue weighted by Gasteiger charge is -2.22. The van der Waals surface area contributed by atoms with E-state index in [1.54, 1.807) is 6.07 Å². The normalized spacial score (nSPS) is 11.9. The van der Waals surface area contributed by atoms with Gasteiger partial charge in [0.15, 0.2) is 0 Å². The predicted molar refractivity (Wildman–Crippen MR) is 92.7 cm³/mol. The van der Waals surface area contributed by atoms with Gasteiger partial charge in [-0.3, -0.25) is 19.5 Å². The maximum absolute atomic E-state index is 14.2. The van der Waals surface area contributed by atoms with Gasteiger partial charge in [0.2, 0.25) is 10.0 Å². The third-order valence-corrected chi connectivity index (χ3v) is 4.66. The summed E-state index contributed by atoms with van der Waals surface area (Å²) in [6.45, 7) is -0.563. The second-order valence-electron chi connectivity index (χ2n) is 5.71. The highest BCUT2D eigenvalue weighted by molar-refractivity contribution is 7.92. The lowest BCUT2D eigenvalue weighted by molar-refractivity contribution is -0.174. The molecule has 1 aromatic heterocycles. The SMILES string of the molecule is CS(=O)(=O)N(Cc1ccc(CNNC(=O)C(F)(F)F)c(F)c1)c1cccnc1. The van der Waals surface area contributed by atoms with E-state index >= 15 is 0 Å². The van der Waals surface area contributed by atoms with E-state index in [-0.39, 0.29) is 12.1 Å². The van der Waals surface area contributed by atoms with E-state index in [9.17, 15) is 30.8 Å². The molecule has 2 rings (SSSR count). The second kappa shape index (κ2) is 8.52. The topological polar surface area (TPSA) is 91.4 Å². The first-order valence-corrected chi connectivity index (χ1v) is 9.58. The molecule has 0 saturated carbocycles. The highest BCUT2D eigenvalue weighted by Crippen LogP contribution is 2.20. The zero-order chi connectivity index (χ0) is 20.9. The van der Waals surface area contributed by atoms with Gasteiger partial charge in [-0.05, 0) is 23.8 Å². The number of nitrogens with zero attached hydrogens (tertiary/aromatic N) is 2. The van der Waals surface area contributed by atoms with E-state index in [1.165, 1.54) is 36.0 Å². The molecular weight excluding hydrogens is 404 g/mol. The van der Waals surface area contributed by atoms with E-state index in [2.05, 4.69) is 4.98 Å². The largest absolute Gasteiger partial charge is 0.472 e. The number of pyridine rings is 1. The number of hydrazine groups is 1. The van der Waals surface area contributed by atoms with Crippen LogP contribution < -0.4 is 15.2 Å². The van der Waals surface area contributed by atoms with Crippen LogP contribution in [-0.4, -0.2) is 31.7 Å². The Morgan fingerprint density at radius 3 is 2.50 bits per heavy atom. The number of amides is 1. The fourth-order valence-electron chi connectivity index (χ4n) is 2.19. The van der Waals surface area contributed by atoms with Gasteiger partial charge in [-0.25, -0.2) is 18.2 Å². The van der Waals surface area contributed by atoms with Crippen molar-refractivity contribution in [3.05, 3.63) is 59.7 Å². The quantitative estimate of drug-likeness (QED) is 0.527. The van der Waals surface area contributed by atoms with Crippen molar-refractivity contribution in [2.45, 2.75) is 19.3 Å². The Bertz CT molecular complexity index is 937. The maximum Gasteiger partial charge on any atom is 0.472 e. The number of aromatic nitrogens is 1. The van der Waals surface area contributed by atoms with Crippen molar-refractivity contribution >= 4 is 21.6 Å². The molecule has 0 unspecified atom stereocenters. The summed E-state index contributed by atoms with van der Waals surface area (Å²) in [5.41, 5.74) is 3.99. The Balaban J connectivity index is 2.09. The Labute approximate surface area is 158 Å². The summed E-state index contributed by atoms with van der Waals surface area (Å²) in [7, 11) is -3.67. The van der Waals surface area contributed by atoms with Crippen LogP contribution in [0.15, 0.2) is 42.7 Å². The predicted octanol–water partition coefficient (Wildman–Crippen LogP) is 1.87. The minimum atomic E-state index is -5.06. The molecule has 0 saturated heterocycles. The molecule has 1 heterocycles. The third kappa shape index (κ3) is 5.89. The summed E-state index contributed by atoms with van der Waals surface area (Å²) in [5, 5.41) is 0. The summed E-state index contributed by atoms with van der Waals surface area (Å²) in [4.78, 5) is 14.5. The molecule has 0 radical (unpaired) electrons. The number of alkyl halides is 3. The fraction of sp³-hybridized carbons (Fsp3) is 0.250. The molecule has 28 heavy (non-hydrogen) atoms. The van der Waals surface area contributed by atoms with E-state index in [1.807, 2.05) is 5.43 Å². The van der Waals surface area contributed by atoms with Crippen molar-refractivity contribution < 1.29 is 30.8 Å². The van der Waals surface area contributed by atoms with Crippen LogP contribution >= 0.6 is 0 Å². The van der Waals surface area contributed by atoms with Crippen LogP contribution in [0.5, 0.6) is 0 Å². The van der Waals surface area contributed by atoms with Gasteiger partial charge in [0.1, 0.15) is 5.82 Å². The number of carbonyl (C=O) groups is 1. The molecule has 1 aromatic carbocycles. The molecule has 0 fully saturated rings. The first-order valence-electron chi connectivity index (χ1n) is 7.73. The van der Waals surface area contributed by atoms with Crippen molar-refractivity contribution in [3.63, 3.8) is 0 Å². The maximum atomic E-state index is 14.2. The molecule has 2 aromatic rings. The number of halogens is 4. The van der Waals surface area contributed by atoms with Gasteiger partial charge in [0.05, 0.1) is 24.7 Å². The van der Waals surface area contributed by atoms with Gasteiger partial charge >= 0.3 is 12.1 Å². The van der Waals surface area contributed by atoms with Crippen molar-refractivity contribution in [1.82, 2.24) is 15.8 Å². The molecule has 0 bridgehead atoms. The molecule has 0 aliphatic heterocycles. The van der Waals surface area contributed by atoms with Crippen molar-refractivity contribution in [2.75, 3.05) is 10.6 Å². The van der Waals surface area contributed by atoms with Crippen molar-refractivity contribution in [3.8, 4) is 0 Å². The molecule has 2 N–H and O–H groups in total. The van der Waals surface area contributed by atoms with Crippen LogP contribution in [0.3, 0.4) is 0 Å². The number of hydrogen-bond donors (Lipinski definition) is 2. The molecular formula is C16H16F4N4O3S. The molecule has 7 nitrogen and oxygen atoms in total. The first kappa shape index (κ1) is 21.6. The van der Waals surface area contributed by atoms with Gasteiger partial charge in [-0.15, -0.1) is 0 Å². The first-order chi connectivity index (χ1) is 13.0. The summed E-state index contributed by atoms with van der Waals surface area (Å²) in [6, 6.07) is 6.86. The summed E-state index contributed by atoms with van der Waals surface area (Å²) in [6.07, 6.45) is -1.24. The summed E-state index contributed by atoms with van der Waals surface area (Å²) >= 11 is 0. The average Bonchev–Trinajstić information content (AvgIpc) is 2.60. The van der Waals surface area contributed by atoms with E-state index < -0.39 is 34.5 Å². The van der Waals surface area contributed by atoms with E-state index in [4.69, 9.17) is 0 Å². The number of carbonyl (C=O) groups excluding carboxylic acids is 1. The van der Waals surface area contributed by atoms with Crippen LogP contribution in [0.1, 0.15) is 11.1 Å². The molecule has 1 amide bonds. The molecule has 152 valence electrons. The zero-order valence-electron chi connectivity index (χ0n) is 14.5. The van der Waals surface area contributed by atoms with E-state index in [0.717, 1.165) is 16.6 Å². The highest BCUT2D eigenvalue weighted by atomic mass is 32.2. The highest BCUT2D eigenvalue weighted by Gasteiger charge is 2.38. The molecule has 0 aliphatic carbocycles. The minimum absolute atomic E-state index is 0.0153. The number of anilines is 1. The standard InChI is InChI=1S/C16H16F4N4O3S/c1-28(26,27)24(13-3-2-6-21-9-13)10-11-4-5-12(14(17)7-11)8-22-23-15(25)16(18,19)20/h2-7,9,22H,8,10H2,1H3,(H,23,25). The second-order valence-corrected chi connectivity index (χ2v) is 7.62. The number of rotatable bonds is 7. The van der Waals surface area contributed by atoms with Crippen LogP contribution in [-0.2, 0) is 27.9 Å². The minimum Gasteiger partial charge on any atom is -0.283 e. The van der Waals surface area contributed by atoms with Crippen molar-refractivity contribution in [1.29, 1.82) is 0 Å². The summed E-state index contributed by atoms with van der Waals surface area (Å²) < 4.78 is 75.6.